The highest BCUT2D eigenvalue weighted by Crippen LogP contribution is 2.43. The van der Waals surface area contributed by atoms with E-state index < -0.39 is 0 Å². The van der Waals surface area contributed by atoms with Crippen LogP contribution in [0.5, 0.6) is 0 Å². The fourth-order valence-corrected chi connectivity index (χ4v) is 8.20. The van der Waals surface area contributed by atoms with Crippen LogP contribution in [0.4, 0.5) is 17.1 Å². The second-order valence-corrected chi connectivity index (χ2v) is 14.6. The molecule has 1 nitrogen and oxygen atoms in total. The molecule has 1 heteroatoms. The monoisotopic (exact) mass is 725 g/mol. The van der Waals surface area contributed by atoms with Gasteiger partial charge < -0.3 is 4.90 Å². The topological polar surface area (TPSA) is 3.24 Å². The molecule has 0 unspecified atom stereocenters. The SMILES string of the molecule is c1ccc(-c2cccc(-c3ccc(N(c4cc(-c5ccccc5)cc(-c5ccccc5)c4)c4cccc(-c5cc6ccccc6c6ccccc56)c4)cc3)c2)cc1. The standard InChI is InChI=1S/C56H39N/c1-4-16-40(17-5-1)44-23-14-24-45(34-44)43-30-32-50(33-31-43)57(52-37-48(41-18-6-2-7-19-41)35-49(38-52)42-20-8-3-9-21-42)51-26-15-25-46(36-51)56-39-47-22-10-11-27-53(47)54-28-12-13-29-55(54)56/h1-39H. The van der Waals surface area contributed by atoms with Crippen molar-refractivity contribution in [1.29, 1.82) is 0 Å². The average molecular weight is 726 g/mol. The summed E-state index contributed by atoms with van der Waals surface area (Å²) in [7, 11) is 0. The van der Waals surface area contributed by atoms with Gasteiger partial charge in [-0.1, -0.05) is 182 Å². The van der Waals surface area contributed by atoms with E-state index in [0.29, 0.717) is 0 Å². The molecule has 10 aromatic carbocycles. The van der Waals surface area contributed by atoms with E-state index >= 15 is 0 Å². The highest BCUT2D eigenvalue weighted by atomic mass is 15.1. The average Bonchev–Trinajstić information content (AvgIpc) is 3.30. The molecule has 0 radical (unpaired) electrons. The summed E-state index contributed by atoms with van der Waals surface area (Å²) in [4.78, 5) is 2.41. The van der Waals surface area contributed by atoms with Crippen molar-refractivity contribution in [3.05, 3.63) is 237 Å². The highest BCUT2D eigenvalue weighted by molar-refractivity contribution is 6.14. The molecule has 0 aliphatic rings. The third-order valence-corrected chi connectivity index (χ3v) is 11.0. The van der Waals surface area contributed by atoms with Crippen LogP contribution in [-0.4, -0.2) is 0 Å². The molecule has 0 aliphatic carbocycles. The van der Waals surface area contributed by atoms with E-state index in [4.69, 9.17) is 0 Å². The molecule has 10 rings (SSSR count). The molecular weight excluding hydrogens is 687 g/mol. The molecule has 0 aliphatic heterocycles. The first-order valence-electron chi connectivity index (χ1n) is 19.6. The first-order valence-corrected chi connectivity index (χ1v) is 19.6. The lowest BCUT2D eigenvalue weighted by molar-refractivity contribution is 1.28. The van der Waals surface area contributed by atoms with Gasteiger partial charge in [0.05, 0.1) is 0 Å². The van der Waals surface area contributed by atoms with Gasteiger partial charge >= 0.3 is 0 Å². The maximum absolute atomic E-state index is 2.41. The van der Waals surface area contributed by atoms with Gasteiger partial charge in [0.1, 0.15) is 0 Å². The van der Waals surface area contributed by atoms with Crippen molar-refractivity contribution < 1.29 is 0 Å². The smallest absolute Gasteiger partial charge is 0.0473 e. The van der Waals surface area contributed by atoms with Crippen LogP contribution in [-0.2, 0) is 0 Å². The van der Waals surface area contributed by atoms with Crippen LogP contribution < -0.4 is 4.90 Å². The normalized spacial score (nSPS) is 11.2. The molecule has 0 saturated heterocycles. The molecule has 0 atom stereocenters. The van der Waals surface area contributed by atoms with E-state index in [9.17, 15) is 0 Å². The van der Waals surface area contributed by atoms with Crippen LogP contribution in [0.2, 0.25) is 0 Å². The largest absolute Gasteiger partial charge is 0.310 e. The van der Waals surface area contributed by atoms with Gasteiger partial charge in [-0.15, -0.1) is 0 Å². The maximum atomic E-state index is 2.41. The van der Waals surface area contributed by atoms with Crippen LogP contribution >= 0.6 is 0 Å². The molecule has 10 aromatic rings. The van der Waals surface area contributed by atoms with E-state index in [0.717, 1.165) is 17.1 Å². The molecule has 0 N–H and O–H groups in total. The van der Waals surface area contributed by atoms with Crippen LogP contribution in [0, 0.1) is 0 Å². The number of hydrogen-bond acceptors (Lipinski definition) is 1. The van der Waals surface area contributed by atoms with Crippen molar-refractivity contribution in [2.45, 2.75) is 0 Å². The third kappa shape index (κ3) is 6.77. The van der Waals surface area contributed by atoms with Crippen molar-refractivity contribution in [3.63, 3.8) is 0 Å². The van der Waals surface area contributed by atoms with E-state index in [2.05, 4.69) is 241 Å². The lowest BCUT2D eigenvalue weighted by atomic mass is 9.93. The zero-order valence-corrected chi connectivity index (χ0v) is 31.5. The van der Waals surface area contributed by atoms with Gasteiger partial charge in [0, 0.05) is 17.1 Å². The third-order valence-electron chi connectivity index (χ3n) is 11.0. The first kappa shape index (κ1) is 34.0. The van der Waals surface area contributed by atoms with Gasteiger partial charge in [0.2, 0.25) is 0 Å². The fourth-order valence-electron chi connectivity index (χ4n) is 8.20. The molecular formula is C56H39N. The zero-order valence-electron chi connectivity index (χ0n) is 31.5. The Morgan fingerprint density at radius 3 is 1.28 bits per heavy atom. The number of benzene rings is 10. The lowest BCUT2D eigenvalue weighted by Crippen LogP contribution is -2.10. The molecule has 0 saturated carbocycles. The Kier molecular flexibility index (Phi) is 8.95. The fraction of sp³-hybridized carbons (Fsp3) is 0. The van der Waals surface area contributed by atoms with Crippen LogP contribution in [0.1, 0.15) is 0 Å². The Morgan fingerprint density at radius 2 is 0.649 bits per heavy atom. The summed E-state index contributed by atoms with van der Waals surface area (Å²) < 4.78 is 0. The number of fused-ring (bicyclic) bond motifs is 3. The second kappa shape index (κ2) is 15.0. The molecule has 0 bridgehead atoms. The Labute approximate surface area is 334 Å². The van der Waals surface area contributed by atoms with E-state index in [1.807, 2.05) is 0 Å². The van der Waals surface area contributed by atoms with Crippen LogP contribution in [0.15, 0.2) is 237 Å². The summed E-state index contributed by atoms with van der Waals surface area (Å²) in [5, 5.41) is 5.03. The predicted molar refractivity (Wildman–Crippen MR) is 243 cm³/mol. The zero-order chi connectivity index (χ0) is 38.0. The Morgan fingerprint density at radius 1 is 0.211 bits per heavy atom. The van der Waals surface area contributed by atoms with Gasteiger partial charge in [-0.2, -0.15) is 0 Å². The summed E-state index contributed by atoms with van der Waals surface area (Å²) in [6.07, 6.45) is 0. The summed E-state index contributed by atoms with van der Waals surface area (Å²) >= 11 is 0. The van der Waals surface area contributed by atoms with Crippen molar-refractivity contribution in [1.82, 2.24) is 0 Å². The number of anilines is 3. The minimum Gasteiger partial charge on any atom is -0.310 e. The summed E-state index contributed by atoms with van der Waals surface area (Å²) in [6, 6.07) is 85.7. The van der Waals surface area contributed by atoms with E-state index in [1.54, 1.807) is 0 Å². The lowest BCUT2D eigenvalue weighted by Gasteiger charge is -2.28. The summed E-state index contributed by atoms with van der Waals surface area (Å²) in [6.45, 7) is 0. The maximum Gasteiger partial charge on any atom is 0.0473 e. The second-order valence-electron chi connectivity index (χ2n) is 14.6. The Hall–Kier alpha value is -7.48. The number of rotatable bonds is 8. The molecule has 0 heterocycles. The molecule has 0 spiro atoms. The number of nitrogens with zero attached hydrogens (tertiary/aromatic N) is 1. The van der Waals surface area contributed by atoms with Gasteiger partial charge in [-0.25, -0.2) is 0 Å². The first-order chi connectivity index (χ1) is 28.2. The Bertz CT molecular complexity index is 2930. The quantitative estimate of drug-likeness (QED) is 0.141. The van der Waals surface area contributed by atoms with E-state index in [-0.39, 0.29) is 0 Å². The van der Waals surface area contributed by atoms with Crippen molar-refractivity contribution in [2.75, 3.05) is 4.90 Å². The minimum atomic E-state index is 1.09. The highest BCUT2D eigenvalue weighted by Gasteiger charge is 2.18. The van der Waals surface area contributed by atoms with E-state index in [1.165, 1.54) is 77.2 Å². The predicted octanol–water partition coefficient (Wildman–Crippen LogP) is 15.8. The Balaban J connectivity index is 1.15. The van der Waals surface area contributed by atoms with Gasteiger partial charge in [-0.05, 0) is 132 Å². The molecule has 57 heavy (non-hydrogen) atoms. The number of hydrogen-bond donors (Lipinski definition) is 0. The molecule has 0 fully saturated rings. The van der Waals surface area contributed by atoms with Gasteiger partial charge in [-0.3, -0.25) is 0 Å². The van der Waals surface area contributed by atoms with Crippen molar-refractivity contribution >= 4 is 38.6 Å². The summed E-state index contributed by atoms with van der Waals surface area (Å²) in [5.41, 5.74) is 15.2. The van der Waals surface area contributed by atoms with Crippen LogP contribution in [0.3, 0.4) is 0 Å². The van der Waals surface area contributed by atoms with Gasteiger partial charge in [0.15, 0.2) is 0 Å². The molecule has 0 aromatic heterocycles. The summed E-state index contributed by atoms with van der Waals surface area (Å²) in [5.74, 6) is 0. The van der Waals surface area contributed by atoms with Crippen molar-refractivity contribution in [2.24, 2.45) is 0 Å². The molecule has 0 amide bonds. The van der Waals surface area contributed by atoms with Crippen molar-refractivity contribution in [3.8, 4) is 55.6 Å². The molecule has 268 valence electrons. The minimum absolute atomic E-state index is 1.09. The van der Waals surface area contributed by atoms with Crippen LogP contribution in [0.25, 0.3) is 77.2 Å². The van der Waals surface area contributed by atoms with Gasteiger partial charge in [0.25, 0.3) is 0 Å².